The SMILES string of the molecule is O=C(c1ccc2n(-c3ccccc3)nc3ccccc3c1-2)C(F)(F)F. The highest BCUT2D eigenvalue weighted by molar-refractivity contribution is 6.12. The van der Waals surface area contributed by atoms with E-state index in [1.807, 2.05) is 18.2 Å². The average molecular weight is 340 g/mol. The lowest BCUT2D eigenvalue weighted by Crippen LogP contribution is -2.23. The lowest BCUT2D eigenvalue weighted by Gasteiger charge is -2.16. The van der Waals surface area contributed by atoms with Gasteiger partial charge in [-0.2, -0.15) is 18.3 Å². The zero-order chi connectivity index (χ0) is 17.6. The maximum atomic E-state index is 13.0. The van der Waals surface area contributed by atoms with Gasteiger partial charge in [0.25, 0.3) is 5.78 Å². The summed E-state index contributed by atoms with van der Waals surface area (Å²) in [6.07, 6.45) is -4.93. The Labute approximate surface area is 140 Å². The zero-order valence-electron chi connectivity index (χ0n) is 12.8. The summed E-state index contributed by atoms with van der Waals surface area (Å²) in [5.41, 5.74) is 1.58. The molecule has 3 nitrogen and oxygen atoms in total. The molecule has 0 N–H and O–H groups in total. The highest BCUT2D eigenvalue weighted by Crippen LogP contribution is 2.38. The van der Waals surface area contributed by atoms with Crippen LogP contribution in [-0.4, -0.2) is 21.7 Å². The van der Waals surface area contributed by atoms with Gasteiger partial charge < -0.3 is 0 Å². The van der Waals surface area contributed by atoms with Gasteiger partial charge in [0.2, 0.25) is 0 Å². The number of benzene rings is 2. The number of alkyl halides is 3. The normalized spacial score (nSPS) is 12.0. The Bertz CT molecular complexity index is 1050. The number of ketones is 1. The smallest absolute Gasteiger partial charge is 0.284 e. The molecular formula is C19H11F3N2O. The van der Waals surface area contributed by atoms with Crippen LogP contribution in [-0.2, 0) is 0 Å². The largest absolute Gasteiger partial charge is 0.454 e. The maximum absolute atomic E-state index is 13.0. The van der Waals surface area contributed by atoms with Crippen molar-refractivity contribution in [1.29, 1.82) is 0 Å². The van der Waals surface area contributed by atoms with E-state index in [1.54, 1.807) is 41.1 Å². The molecule has 0 saturated carbocycles. The molecule has 6 heteroatoms. The number of hydrogen-bond donors (Lipinski definition) is 0. The first-order valence-corrected chi connectivity index (χ1v) is 7.54. The Morgan fingerprint density at radius 1 is 0.880 bits per heavy atom. The molecule has 0 aromatic heterocycles. The molecule has 0 spiro atoms. The molecule has 1 heterocycles. The standard InChI is InChI=1S/C19H11F3N2O/c20-19(21,22)18(25)14-10-11-16-17(14)13-8-4-5-9-15(13)23-24(16)12-6-2-1-3-7-12/h1-11H. The van der Waals surface area contributed by atoms with Crippen molar-refractivity contribution in [3.63, 3.8) is 0 Å². The second-order valence-corrected chi connectivity index (χ2v) is 5.60. The molecular weight excluding hydrogens is 329 g/mol. The van der Waals surface area contributed by atoms with Crippen LogP contribution in [0.5, 0.6) is 0 Å². The van der Waals surface area contributed by atoms with Gasteiger partial charge in [0.05, 0.1) is 16.9 Å². The van der Waals surface area contributed by atoms with E-state index in [-0.39, 0.29) is 11.1 Å². The molecule has 0 atom stereocenters. The monoisotopic (exact) mass is 340 g/mol. The highest BCUT2D eigenvalue weighted by atomic mass is 19.4. The van der Waals surface area contributed by atoms with Crippen molar-refractivity contribution < 1.29 is 18.0 Å². The van der Waals surface area contributed by atoms with Crippen LogP contribution in [0.4, 0.5) is 13.2 Å². The summed E-state index contributed by atoms with van der Waals surface area (Å²) in [5.74, 6) is -1.85. The molecule has 2 aromatic carbocycles. The van der Waals surface area contributed by atoms with E-state index in [0.29, 0.717) is 22.3 Å². The van der Waals surface area contributed by atoms with Crippen LogP contribution in [0, 0.1) is 0 Å². The average Bonchev–Trinajstić information content (AvgIpc) is 3.05. The molecule has 0 amide bonds. The molecule has 124 valence electrons. The number of nitrogens with zero attached hydrogens (tertiary/aromatic N) is 2. The summed E-state index contributed by atoms with van der Waals surface area (Å²) in [7, 11) is 0. The third-order valence-electron chi connectivity index (χ3n) is 4.05. The minimum absolute atomic E-state index is 0.261. The van der Waals surface area contributed by atoms with Crippen molar-refractivity contribution in [2.24, 2.45) is 0 Å². The number of Topliss-reactive ketones (excluding diaryl/α,β-unsaturated/α-hetero) is 1. The summed E-state index contributed by atoms with van der Waals surface area (Å²) in [5, 5.41) is 5.05. The van der Waals surface area contributed by atoms with Crippen molar-refractivity contribution in [3.05, 3.63) is 72.3 Å². The van der Waals surface area contributed by atoms with Gasteiger partial charge in [0, 0.05) is 16.5 Å². The Morgan fingerprint density at radius 2 is 1.56 bits per heavy atom. The van der Waals surface area contributed by atoms with Gasteiger partial charge in [-0.25, -0.2) is 4.68 Å². The molecule has 0 radical (unpaired) electrons. The minimum atomic E-state index is -4.93. The van der Waals surface area contributed by atoms with Gasteiger partial charge in [-0.15, -0.1) is 0 Å². The van der Waals surface area contributed by atoms with Crippen molar-refractivity contribution in [2.75, 3.05) is 0 Å². The van der Waals surface area contributed by atoms with Crippen molar-refractivity contribution in [2.45, 2.75) is 6.18 Å². The molecule has 1 aliphatic heterocycles. The minimum Gasteiger partial charge on any atom is -0.284 e. The van der Waals surface area contributed by atoms with Crippen LogP contribution in [0.3, 0.4) is 0 Å². The van der Waals surface area contributed by atoms with Crippen LogP contribution in [0.1, 0.15) is 10.4 Å². The number of para-hydroxylation sites is 1. The quantitative estimate of drug-likeness (QED) is 0.488. The Morgan fingerprint density at radius 3 is 2.28 bits per heavy atom. The molecule has 0 unspecified atom stereocenters. The molecule has 25 heavy (non-hydrogen) atoms. The Hall–Kier alpha value is -3.15. The molecule has 0 bridgehead atoms. The number of halogens is 3. The van der Waals surface area contributed by atoms with E-state index < -0.39 is 12.0 Å². The number of hydrogen-bond acceptors (Lipinski definition) is 2. The van der Waals surface area contributed by atoms with Crippen LogP contribution < -0.4 is 0 Å². The summed E-state index contributed by atoms with van der Waals surface area (Å²) < 4.78 is 40.5. The van der Waals surface area contributed by atoms with Gasteiger partial charge in [-0.3, -0.25) is 4.79 Å². The van der Waals surface area contributed by atoms with Gasteiger partial charge >= 0.3 is 6.18 Å². The van der Waals surface area contributed by atoms with Crippen LogP contribution in [0.25, 0.3) is 27.8 Å². The zero-order valence-corrected chi connectivity index (χ0v) is 12.8. The topological polar surface area (TPSA) is 34.9 Å². The first-order chi connectivity index (χ1) is 12.0. The molecule has 0 saturated heterocycles. The van der Waals surface area contributed by atoms with Crippen molar-refractivity contribution in [3.8, 4) is 16.9 Å². The van der Waals surface area contributed by atoms with Crippen molar-refractivity contribution >= 4 is 16.7 Å². The van der Waals surface area contributed by atoms with Gasteiger partial charge in [0.1, 0.15) is 0 Å². The third kappa shape index (κ3) is 2.46. The lowest BCUT2D eigenvalue weighted by molar-refractivity contribution is -0.0884. The molecule has 0 fully saturated rings. The molecule has 1 aliphatic carbocycles. The van der Waals surface area contributed by atoms with E-state index in [0.717, 1.165) is 0 Å². The van der Waals surface area contributed by atoms with Gasteiger partial charge in [0.15, 0.2) is 0 Å². The number of carbonyl (C=O) groups excluding carboxylic acids is 1. The predicted molar refractivity (Wildman–Crippen MR) is 88.1 cm³/mol. The van der Waals surface area contributed by atoms with E-state index in [4.69, 9.17) is 0 Å². The van der Waals surface area contributed by atoms with Crippen LogP contribution >= 0.6 is 0 Å². The molecule has 4 rings (SSSR count). The van der Waals surface area contributed by atoms with Crippen LogP contribution in [0.2, 0.25) is 0 Å². The first-order valence-electron chi connectivity index (χ1n) is 7.54. The Kier molecular flexibility index (Phi) is 3.35. The number of aromatic nitrogens is 2. The van der Waals surface area contributed by atoms with Gasteiger partial charge in [-0.05, 0) is 30.3 Å². The number of fused-ring (bicyclic) bond motifs is 3. The van der Waals surface area contributed by atoms with Gasteiger partial charge in [-0.1, -0.05) is 36.4 Å². The molecule has 2 aliphatic rings. The number of rotatable bonds is 2. The summed E-state index contributed by atoms with van der Waals surface area (Å²) in [6, 6.07) is 18.7. The lowest BCUT2D eigenvalue weighted by atomic mass is 10.0. The fourth-order valence-corrected chi connectivity index (χ4v) is 2.97. The number of carbonyl (C=O) groups is 1. The van der Waals surface area contributed by atoms with E-state index in [9.17, 15) is 18.0 Å². The maximum Gasteiger partial charge on any atom is 0.454 e. The fraction of sp³-hybridized carbons (Fsp3) is 0.0526. The predicted octanol–water partition coefficient (Wildman–Crippen LogP) is 4.88. The molecule has 2 aromatic rings. The summed E-state index contributed by atoms with van der Waals surface area (Å²) in [4.78, 5) is 11.9. The summed E-state index contributed by atoms with van der Waals surface area (Å²) in [6.45, 7) is 0. The first kappa shape index (κ1) is 15.4. The van der Waals surface area contributed by atoms with E-state index in [2.05, 4.69) is 5.10 Å². The van der Waals surface area contributed by atoms with Crippen LogP contribution in [0.15, 0.2) is 66.7 Å². The Balaban J connectivity index is 2.07. The second kappa shape index (κ2) is 5.44. The van der Waals surface area contributed by atoms with Crippen molar-refractivity contribution in [1.82, 2.24) is 9.78 Å². The fourth-order valence-electron chi connectivity index (χ4n) is 2.97. The third-order valence-corrected chi connectivity index (χ3v) is 4.05. The van der Waals surface area contributed by atoms with E-state index >= 15 is 0 Å². The summed E-state index contributed by atoms with van der Waals surface area (Å²) >= 11 is 0. The second-order valence-electron chi connectivity index (χ2n) is 5.60. The van der Waals surface area contributed by atoms with E-state index in [1.165, 1.54) is 12.1 Å². The highest BCUT2D eigenvalue weighted by Gasteiger charge is 2.41.